The van der Waals surface area contributed by atoms with Gasteiger partial charge in [0.1, 0.15) is 0 Å². The van der Waals surface area contributed by atoms with Gasteiger partial charge in [-0.1, -0.05) is 30.3 Å². The predicted octanol–water partition coefficient (Wildman–Crippen LogP) is 0.978. The summed E-state index contributed by atoms with van der Waals surface area (Å²) < 4.78 is 0. The number of hydrogen-bond acceptors (Lipinski definition) is 3. The number of nitrogens with one attached hydrogen (secondary N) is 2. The van der Waals surface area contributed by atoms with E-state index in [0.717, 1.165) is 24.9 Å². The van der Waals surface area contributed by atoms with Crippen molar-refractivity contribution in [2.75, 3.05) is 13.1 Å². The lowest BCUT2D eigenvalue weighted by Crippen LogP contribution is -2.40. The van der Waals surface area contributed by atoms with Crippen molar-refractivity contribution >= 4 is 5.91 Å². The summed E-state index contributed by atoms with van der Waals surface area (Å²) in [7, 11) is 0. The van der Waals surface area contributed by atoms with Gasteiger partial charge in [0, 0.05) is 6.54 Å². The fourth-order valence-electron chi connectivity index (χ4n) is 2.21. The number of carbonyl (C=O) groups is 1. The number of aliphatic hydroxyl groups is 1. The minimum Gasteiger partial charge on any atom is -0.388 e. The van der Waals surface area contributed by atoms with Gasteiger partial charge in [0.15, 0.2) is 0 Å². The first-order valence-corrected chi connectivity index (χ1v) is 6.51. The number of aliphatic hydroxyl groups excluding tert-OH is 1. The van der Waals surface area contributed by atoms with Gasteiger partial charge in [0.2, 0.25) is 5.91 Å². The summed E-state index contributed by atoms with van der Waals surface area (Å²) in [5.74, 6) is 0.0489. The van der Waals surface area contributed by atoms with Gasteiger partial charge in [-0.25, -0.2) is 0 Å². The smallest absolute Gasteiger partial charge is 0.237 e. The Morgan fingerprint density at radius 3 is 2.89 bits per heavy atom. The zero-order valence-electron chi connectivity index (χ0n) is 10.4. The molecule has 2 atom stereocenters. The molecule has 0 aliphatic carbocycles. The summed E-state index contributed by atoms with van der Waals surface area (Å²) in [5, 5.41) is 15.9. The molecular formula is C14H20N2O2. The monoisotopic (exact) mass is 248 g/mol. The molecule has 0 saturated carbocycles. The van der Waals surface area contributed by atoms with Crippen LogP contribution in [0.25, 0.3) is 0 Å². The fraction of sp³-hybridized carbons (Fsp3) is 0.500. The van der Waals surface area contributed by atoms with E-state index >= 15 is 0 Å². The molecule has 0 bridgehead atoms. The Hall–Kier alpha value is -1.39. The summed E-state index contributed by atoms with van der Waals surface area (Å²) >= 11 is 0. The lowest BCUT2D eigenvalue weighted by Gasteiger charge is -2.14. The van der Waals surface area contributed by atoms with Crippen LogP contribution in [-0.4, -0.2) is 30.1 Å². The van der Waals surface area contributed by atoms with Crippen molar-refractivity contribution < 1.29 is 9.90 Å². The van der Waals surface area contributed by atoms with Gasteiger partial charge in [0.25, 0.3) is 0 Å². The second kappa shape index (κ2) is 6.52. The Balaban J connectivity index is 1.70. The maximum Gasteiger partial charge on any atom is 0.237 e. The molecule has 1 fully saturated rings. The normalized spacial score (nSPS) is 20.6. The highest BCUT2D eigenvalue weighted by Crippen LogP contribution is 2.15. The standard InChI is InChI=1S/C14H20N2O2/c17-13(11-5-2-1-3-6-11)8-10-16-14(18)12-7-4-9-15-12/h1-3,5-6,12-13,15,17H,4,7-10H2,(H,16,18). The largest absolute Gasteiger partial charge is 0.388 e. The SMILES string of the molecule is O=C(NCCC(O)c1ccccc1)C1CCCN1. The van der Waals surface area contributed by atoms with E-state index in [1.807, 2.05) is 30.3 Å². The molecule has 1 aliphatic heterocycles. The Bertz CT molecular complexity index is 375. The molecule has 1 saturated heterocycles. The Morgan fingerprint density at radius 2 is 2.22 bits per heavy atom. The zero-order valence-corrected chi connectivity index (χ0v) is 10.4. The first-order valence-electron chi connectivity index (χ1n) is 6.51. The van der Waals surface area contributed by atoms with Gasteiger partial charge < -0.3 is 15.7 Å². The highest BCUT2D eigenvalue weighted by atomic mass is 16.3. The maximum absolute atomic E-state index is 11.7. The van der Waals surface area contributed by atoms with Gasteiger partial charge in [0.05, 0.1) is 12.1 Å². The molecule has 1 aromatic rings. The average molecular weight is 248 g/mol. The number of rotatable bonds is 5. The lowest BCUT2D eigenvalue weighted by molar-refractivity contribution is -0.122. The van der Waals surface area contributed by atoms with Gasteiger partial charge in [-0.3, -0.25) is 4.79 Å². The van der Waals surface area contributed by atoms with E-state index in [1.54, 1.807) is 0 Å². The number of carbonyl (C=O) groups excluding carboxylic acids is 1. The molecular weight excluding hydrogens is 228 g/mol. The molecule has 1 amide bonds. The van der Waals surface area contributed by atoms with Crippen LogP contribution >= 0.6 is 0 Å². The zero-order chi connectivity index (χ0) is 12.8. The average Bonchev–Trinajstić information content (AvgIpc) is 2.93. The summed E-state index contributed by atoms with van der Waals surface area (Å²) in [6, 6.07) is 9.47. The minimum atomic E-state index is -0.511. The van der Waals surface area contributed by atoms with Crippen molar-refractivity contribution in [1.29, 1.82) is 0 Å². The third-order valence-corrected chi connectivity index (χ3v) is 3.28. The summed E-state index contributed by atoms with van der Waals surface area (Å²) in [4.78, 5) is 11.7. The van der Waals surface area contributed by atoms with Crippen LogP contribution in [0.1, 0.15) is 30.9 Å². The molecule has 0 spiro atoms. The molecule has 3 N–H and O–H groups in total. The van der Waals surface area contributed by atoms with Crippen molar-refractivity contribution in [3.8, 4) is 0 Å². The van der Waals surface area contributed by atoms with Crippen LogP contribution in [0.4, 0.5) is 0 Å². The van der Waals surface area contributed by atoms with Crippen LogP contribution in [0.2, 0.25) is 0 Å². The van der Waals surface area contributed by atoms with Gasteiger partial charge in [-0.2, -0.15) is 0 Å². The van der Waals surface area contributed by atoms with Crippen LogP contribution < -0.4 is 10.6 Å². The van der Waals surface area contributed by atoms with Crippen molar-refractivity contribution in [2.45, 2.75) is 31.4 Å². The van der Waals surface area contributed by atoms with Crippen molar-refractivity contribution in [1.82, 2.24) is 10.6 Å². The van der Waals surface area contributed by atoms with E-state index in [-0.39, 0.29) is 11.9 Å². The summed E-state index contributed by atoms with van der Waals surface area (Å²) in [6.45, 7) is 1.43. The number of hydrogen-bond donors (Lipinski definition) is 3. The van der Waals surface area contributed by atoms with Crippen LogP contribution in [0.5, 0.6) is 0 Å². The second-order valence-corrected chi connectivity index (χ2v) is 4.66. The third kappa shape index (κ3) is 3.55. The molecule has 1 heterocycles. The van der Waals surface area contributed by atoms with E-state index in [4.69, 9.17) is 0 Å². The predicted molar refractivity (Wildman–Crippen MR) is 70.1 cm³/mol. The number of amides is 1. The lowest BCUT2D eigenvalue weighted by atomic mass is 10.1. The van der Waals surface area contributed by atoms with Crippen LogP contribution in [-0.2, 0) is 4.79 Å². The Kier molecular flexibility index (Phi) is 4.73. The van der Waals surface area contributed by atoms with Crippen molar-refractivity contribution in [3.05, 3.63) is 35.9 Å². The van der Waals surface area contributed by atoms with E-state index in [1.165, 1.54) is 0 Å². The quantitative estimate of drug-likeness (QED) is 0.728. The van der Waals surface area contributed by atoms with Crippen molar-refractivity contribution in [3.63, 3.8) is 0 Å². The van der Waals surface area contributed by atoms with Gasteiger partial charge >= 0.3 is 0 Å². The molecule has 1 aliphatic rings. The molecule has 2 unspecified atom stereocenters. The second-order valence-electron chi connectivity index (χ2n) is 4.66. The Labute approximate surface area is 107 Å². The molecule has 4 heteroatoms. The van der Waals surface area contributed by atoms with Crippen LogP contribution in [0, 0.1) is 0 Å². The molecule has 2 rings (SSSR count). The Morgan fingerprint density at radius 1 is 1.44 bits per heavy atom. The van der Waals surface area contributed by atoms with Crippen LogP contribution in [0.15, 0.2) is 30.3 Å². The molecule has 0 radical (unpaired) electrons. The molecule has 4 nitrogen and oxygen atoms in total. The fourth-order valence-corrected chi connectivity index (χ4v) is 2.21. The van der Waals surface area contributed by atoms with Gasteiger partial charge in [-0.05, 0) is 31.4 Å². The number of benzene rings is 1. The van der Waals surface area contributed by atoms with Gasteiger partial charge in [-0.15, -0.1) is 0 Å². The molecule has 0 aromatic heterocycles. The highest BCUT2D eigenvalue weighted by Gasteiger charge is 2.21. The first-order chi connectivity index (χ1) is 8.77. The first kappa shape index (κ1) is 13.1. The van der Waals surface area contributed by atoms with E-state index in [0.29, 0.717) is 13.0 Å². The van der Waals surface area contributed by atoms with Crippen LogP contribution in [0.3, 0.4) is 0 Å². The summed E-state index contributed by atoms with van der Waals surface area (Å²) in [5.41, 5.74) is 0.894. The summed E-state index contributed by atoms with van der Waals surface area (Å²) in [6.07, 6.45) is 2.00. The van der Waals surface area contributed by atoms with E-state index < -0.39 is 6.10 Å². The van der Waals surface area contributed by atoms with E-state index in [2.05, 4.69) is 10.6 Å². The minimum absolute atomic E-state index is 0.0427. The molecule has 1 aromatic carbocycles. The molecule has 98 valence electrons. The third-order valence-electron chi connectivity index (χ3n) is 3.28. The maximum atomic E-state index is 11.7. The topological polar surface area (TPSA) is 61.4 Å². The molecule has 18 heavy (non-hydrogen) atoms. The highest BCUT2D eigenvalue weighted by molar-refractivity contribution is 5.81. The van der Waals surface area contributed by atoms with E-state index in [9.17, 15) is 9.90 Å². The van der Waals surface area contributed by atoms with Crippen molar-refractivity contribution in [2.24, 2.45) is 0 Å².